The van der Waals surface area contributed by atoms with E-state index in [4.69, 9.17) is 16.9 Å². The number of halogens is 1. The third-order valence-corrected chi connectivity index (χ3v) is 6.59. The van der Waals surface area contributed by atoms with E-state index in [0.717, 1.165) is 16.1 Å². The van der Waals surface area contributed by atoms with Gasteiger partial charge in [0.15, 0.2) is 0 Å². The Morgan fingerprint density at radius 1 is 1.03 bits per heavy atom. The van der Waals surface area contributed by atoms with Gasteiger partial charge in [0.05, 0.1) is 28.8 Å². The lowest BCUT2D eigenvalue weighted by atomic mass is 9.91. The molecule has 3 aromatic carbocycles. The van der Waals surface area contributed by atoms with Crippen molar-refractivity contribution in [1.82, 2.24) is 9.73 Å². The topological polar surface area (TPSA) is 103 Å². The molecular formula is C23H17ClN4O3S. The predicted molar refractivity (Wildman–Crippen MR) is 121 cm³/mol. The molecule has 0 saturated heterocycles. The SMILES string of the molecule is N#Cc1ccc(S(=O)(=O)NC(=O)N2CC(c3ccccc3)C(c3ccc(Cl)cc3)=N2)cc1. The summed E-state index contributed by atoms with van der Waals surface area (Å²) in [6.45, 7) is 0.177. The highest BCUT2D eigenvalue weighted by Crippen LogP contribution is 2.29. The van der Waals surface area contributed by atoms with Crippen LogP contribution in [0.15, 0.2) is 88.9 Å². The number of nitriles is 1. The van der Waals surface area contributed by atoms with Crippen molar-refractivity contribution in [2.45, 2.75) is 10.8 Å². The van der Waals surface area contributed by atoms with Crippen molar-refractivity contribution in [3.05, 3.63) is 101 Å². The summed E-state index contributed by atoms with van der Waals surface area (Å²) in [7, 11) is -4.13. The number of amides is 2. The number of hydrogen-bond donors (Lipinski definition) is 1. The van der Waals surface area contributed by atoms with E-state index in [2.05, 4.69) is 9.82 Å². The largest absolute Gasteiger partial charge is 0.351 e. The summed E-state index contributed by atoms with van der Waals surface area (Å²) in [6, 6.07) is 23.0. The lowest BCUT2D eigenvalue weighted by Crippen LogP contribution is -2.39. The molecule has 0 fully saturated rings. The molecule has 1 aliphatic heterocycles. The number of carbonyl (C=O) groups excluding carboxylic acids is 1. The first-order valence-corrected chi connectivity index (χ1v) is 11.5. The fraction of sp³-hybridized carbons (Fsp3) is 0.0870. The molecule has 9 heteroatoms. The molecule has 0 spiro atoms. The molecule has 1 N–H and O–H groups in total. The zero-order valence-corrected chi connectivity index (χ0v) is 18.2. The highest BCUT2D eigenvalue weighted by molar-refractivity contribution is 7.90. The van der Waals surface area contributed by atoms with E-state index in [1.807, 2.05) is 48.5 Å². The van der Waals surface area contributed by atoms with Crippen LogP contribution in [0.1, 0.15) is 22.6 Å². The van der Waals surface area contributed by atoms with Crippen LogP contribution in [0.5, 0.6) is 0 Å². The molecular weight excluding hydrogens is 448 g/mol. The van der Waals surface area contributed by atoms with Gasteiger partial charge in [0.1, 0.15) is 0 Å². The van der Waals surface area contributed by atoms with Gasteiger partial charge >= 0.3 is 6.03 Å². The van der Waals surface area contributed by atoms with Crippen molar-refractivity contribution in [1.29, 1.82) is 5.26 Å². The molecule has 1 heterocycles. The average Bonchev–Trinajstić information content (AvgIpc) is 3.26. The van der Waals surface area contributed by atoms with Gasteiger partial charge in [0.2, 0.25) is 0 Å². The molecule has 160 valence electrons. The van der Waals surface area contributed by atoms with Crippen LogP contribution in [0, 0.1) is 11.3 Å². The third kappa shape index (κ3) is 4.49. The molecule has 0 radical (unpaired) electrons. The molecule has 0 bridgehead atoms. The van der Waals surface area contributed by atoms with E-state index in [9.17, 15) is 13.2 Å². The van der Waals surface area contributed by atoms with E-state index in [-0.39, 0.29) is 17.4 Å². The fourth-order valence-electron chi connectivity index (χ4n) is 3.39. The van der Waals surface area contributed by atoms with Gasteiger partial charge in [-0.2, -0.15) is 10.4 Å². The second kappa shape index (κ2) is 8.83. The minimum Gasteiger partial charge on any atom is -0.246 e. The number of rotatable bonds is 4. The lowest BCUT2D eigenvalue weighted by Gasteiger charge is -2.16. The monoisotopic (exact) mass is 464 g/mol. The van der Waals surface area contributed by atoms with Gasteiger partial charge in [0.25, 0.3) is 10.0 Å². The Labute approximate surface area is 190 Å². The van der Waals surface area contributed by atoms with Crippen molar-refractivity contribution < 1.29 is 13.2 Å². The predicted octanol–water partition coefficient (Wildman–Crippen LogP) is 4.11. The number of benzene rings is 3. The second-order valence-electron chi connectivity index (χ2n) is 7.08. The van der Waals surface area contributed by atoms with E-state index in [1.54, 1.807) is 12.1 Å². The van der Waals surface area contributed by atoms with Gasteiger partial charge in [0, 0.05) is 10.9 Å². The standard InChI is InChI=1S/C23H17ClN4O3S/c24-19-10-8-18(9-11-19)22-21(17-4-2-1-3-5-17)15-28(26-22)23(29)27-32(30,31)20-12-6-16(14-25)7-13-20/h1-13,21H,15H2,(H,27,29). The van der Waals surface area contributed by atoms with Gasteiger partial charge in [-0.15, -0.1) is 0 Å². The number of carbonyl (C=O) groups is 1. The number of hydrogen-bond acceptors (Lipinski definition) is 5. The highest BCUT2D eigenvalue weighted by atomic mass is 35.5. The molecule has 1 unspecified atom stereocenters. The molecule has 0 aromatic heterocycles. The average molecular weight is 465 g/mol. The van der Waals surface area contributed by atoms with Crippen molar-refractivity contribution in [3.8, 4) is 6.07 Å². The zero-order chi connectivity index (χ0) is 22.7. The van der Waals surface area contributed by atoms with Crippen LogP contribution in [0.3, 0.4) is 0 Å². The number of urea groups is 1. The van der Waals surface area contributed by atoms with Crippen LogP contribution < -0.4 is 4.72 Å². The molecule has 32 heavy (non-hydrogen) atoms. The Morgan fingerprint density at radius 2 is 1.69 bits per heavy atom. The second-order valence-corrected chi connectivity index (χ2v) is 9.20. The maximum absolute atomic E-state index is 12.8. The van der Waals surface area contributed by atoms with Crippen molar-refractivity contribution in [3.63, 3.8) is 0 Å². The van der Waals surface area contributed by atoms with E-state index < -0.39 is 16.1 Å². The molecule has 2 amide bonds. The summed E-state index contributed by atoms with van der Waals surface area (Å²) in [4.78, 5) is 12.7. The van der Waals surface area contributed by atoms with E-state index >= 15 is 0 Å². The van der Waals surface area contributed by atoms with Crippen LogP contribution in [0.2, 0.25) is 5.02 Å². The molecule has 0 saturated carbocycles. The molecule has 1 atom stereocenters. The Kier molecular flexibility index (Phi) is 5.95. The number of sulfonamides is 1. The first kappa shape index (κ1) is 21.6. The van der Waals surface area contributed by atoms with Crippen LogP contribution in [0.4, 0.5) is 4.79 Å². The molecule has 1 aliphatic rings. The van der Waals surface area contributed by atoms with Crippen LogP contribution in [-0.4, -0.2) is 31.7 Å². The zero-order valence-electron chi connectivity index (χ0n) is 16.6. The van der Waals surface area contributed by atoms with Gasteiger partial charge in [-0.05, 0) is 47.5 Å². The summed E-state index contributed by atoms with van der Waals surface area (Å²) in [5, 5.41) is 15.0. The Balaban J connectivity index is 1.61. The normalized spacial score (nSPS) is 15.7. The summed E-state index contributed by atoms with van der Waals surface area (Å²) in [6.07, 6.45) is 0. The van der Waals surface area contributed by atoms with Crippen molar-refractivity contribution in [2.24, 2.45) is 5.10 Å². The van der Waals surface area contributed by atoms with Gasteiger partial charge < -0.3 is 0 Å². The highest BCUT2D eigenvalue weighted by Gasteiger charge is 2.33. The van der Waals surface area contributed by atoms with E-state index in [0.29, 0.717) is 16.3 Å². The third-order valence-electron chi connectivity index (χ3n) is 5.01. The van der Waals surface area contributed by atoms with Crippen molar-refractivity contribution >= 4 is 33.4 Å². The smallest absolute Gasteiger partial charge is 0.246 e. The molecule has 7 nitrogen and oxygen atoms in total. The molecule has 3 aromatic rings. The number of nitrogens with zero attached hydrogens (tertiary/aromatic N) is 3. The Bertz CT molecular complexity index is 1320. The van der Waals surface area contributed by atoms with Crippen LogP contribution in [-0.2, 0) is 10.0 Å². The van der Waals surface area contributed by atoms with Gasteiger partial charge in [-0.1, -0.05) is 54.1 Å². The Morgan fingerprint density at radius 3 is 2.31 bits per heavy atom. The fourth-order valence-corrected chi connectivity index (χ4v) is 4.47. The Hall–Kier alpha value is -3.67. The minimum atomic E-state index is -4.13. The quantitative estimate of drug-likeness (QED) is 0.627. The summed E-state index contributed by atoms with van der Waals surface area (Å²) in [5.74, 6) is -0.235. The van der Waals surface area contributed by atoms with Gasteiger partial charge in [-0.25, -0.2) is 22.9 Å². The van der Waals surface area contributed by atoms with Crippen molar-refractivity contribution in [2.75, 3.05) is 6.54 Å². The summed E-state index contributed by atoms with van der Waals surface area (Å²) in [5.41, 5.74) is 2.69. The molecule has 4 rings (SSSR count). The number of nitrogens with one attached hydrogen (secondary N) is 1. The first-order chi connectivity index (χ1) is 15.4. The van der Waals surface area contributed by atoms with Crippen LogP contribution >= 0.6 is 11.6 Å². The molecule has 0 aliphatic carbocycles. The number of hydrazone groups is 1. The summed E-state index contributed by atoms with van der Waals surface area (Å²) >= 11 is 6.00. The van der Waals surface area contributed by atoms with E-state index in [1.165, 1.54) is 24.3 Å². The maximum Gasteiger partial charge on any atom is 0.351 e. The lowest BCUT2D eigenvalue weighted by molar-refractivity contribution is 0.210. The van der Waals surface area contributed by atoms with Gasteiger partial charge in [-0.3, -0.25) is 0 Å². The van der Waals surface area contributed by atoms with Crippen LogP contribution in [0.25, 0.3) is 0 Å². The first-order valence-electron chi connectivity index (χ1n) is 9.61. The minimum absolute atomic E-state index is 0.120. The summed E-state index contributed by atoms with van der Waals surface area (Å²) < 4.78 is 27.3. The maximum atomic E-state index is 12.8.